The SMILES string of the molecule is CCC(C)Nc1ccc(C(=O)N2CCN(CC)CC2)nc1. The summed E-state index contributed by atoms with van der Waals surface area (Å²) in [6.07, 6.45) is 2.81. The Labute approximate surface area is 127 Å². The van der Waals surface area contributed by atoms with Crippen LogP contribution in [-0.4, -0.2) is 59.5 Å². The van der Waals surface area contributed by atoms with Crippen LogP contribution in [0.15, 0.2) is 18.3 Å². The summed E-state index contributed by atoms with van der Waals surface area (Å²) in [5, 5.41) is 3.36. The molecule has 0 radical (unpaired) electrons. The lowest BCUT2D eigenvalue weighted by Gasteiger charge is -2.33. The van der Waals surface area contributed by atoms with Gasteiger partial charge in [0.1, 0.15) is 5.69 Å². The fourth-order valence-corrected chi connectivity index (χ4v) is 2.42. The van der Waals surface area contributed by atoms with Crippen LogP contribution in [0.4, 0.5) is 5.69 Å². The minimum absolute atomic E-state index is 0.0424. The number of piperazine rings is 1. The van der Waals surface area contributed by atoms with Gasteiger partial charge in [-0.15, -0.1) is 0 Å². The molecule has 1 atom stereocenters. The highest BCUT2D eigenvalue weighted by Crippen LogP contribution is 2.12. The largest absolute Gasteiger partial charge is 0.381 e. The number of pyridine rings is 1. The molecule has 0 saturated carbocycles. The molecule has 2 rings (SSSR count). The molecule has 1 unspecified atom stereocenters. The molecule has 1 amide bonds. The summed E-state index contributed by atoms with van der Waals surface area (Å²) in [6.45, 7) is 11.0. The number of nitrogens with one attached hydrogen (secondary N) is 1. The number of carbonyl (C=O) groups is 1. The van der Waals surface area contributed by atoms with Crippen molar-refractivity contribution in [2.24, 2.45) is 0 Å². The fraction of sp³-hybridized carbons (Fsp3) is 0.625. The monoisotopic (exact) mass is 290 g/mol. The van der Waals surface area contributed by atoms with Crippen molar-refractivity contribution in [3.63, 3.8) is 0 Å². The summed E-state index contributed by atoms with van der Waals surface area (Å²) in [7, 11) is 0. The number of anilines is 1. The Balaban J connectivity index is 1.94. The lowest BCUT2D eigenvalue weighted by atomic mass is 10.2. The van der Waals surface area contributed by atoms with E-state index < -0.39 is 0 Å². The van der Waals surface area contributed by atoms with Gasteiger partial charge in [-0.2, -0.15) is 0 Å². The zero-order valence-electron chi connectivity index (χ0n) is 13.3. The molecule has 1 aliphatic heterocycles. The molecule has 5 heteroatoms. The topological polar surface area (TPSA) is 48.5 Å². The molecule has 1 aromatic rings. The van der Waals surface area contributed by atoms with Crippen molar-refractivity contribution in [1.29, 1.82) is 0 Å². The molecule has 5 nitrogen and oxygen atoms in total. The number of likely N-dealkylation sites (N-methyl/N-ethyl adjacent to an activating group) is 1. The molecule has 21 heavy (non-hydrogen) atoms. The molecule has 0 bridgehead atoms. The highest BCUT2D eigenvalue weighted by atomic mass is 16.2. The Kier molecular flexibility index (Phi) is 5.56. The van der Waals surface area contributed by atoms with Crippen LogP contribution in [0.25, 0.3) is 0 Å². The van der Waals surface area contributed by atoms with E-state index >= 15 is 0 Å². The Morgan fingerprint density at radius 1 is 1.29 bits per heavy atom. The summed E-state index contributed by atoms with van der Waals surface area (Å²) in [5.74, 6) is 0.0424. The number of hydrogen-bond donors (Lipinski definition) is 1. The van der Waals surface area contributed by atoms with Crippen molar-refractivity contribution in [2.75, 3.05) is 38.0 Å². The molecule has 1 aromatic heterocycles. The van der Waals surface area contributed by atoms with Crippen LogP contribution in [0, 0.1) is 0 Å². The molecule has 1 saturated heterocycles. The van der Waals surface area contributed by atoms with E-state index in [9.17, 15) is 4.79 Å². The van der Waals surface area contributed by atoms with Crippen LogP contribution >= 0.6 is 0 Å². The molecule has 1 N–H and O–H groups in total. The minimum Gasteiger partial charge on any atom is -0.381 e. The number of amides is 1. The van der Waals surface area contributed by atoms with Crippen molar-refractivity contribution < 1.29 is 4.79 Å². The number of hydrogen-bond acceptors (Lipinski definition) is 4. The van der Waals surface area contributed by atoms with Crippen molar-refractivity contribution >= 4 is 11.6 Å². The van der Waals surface area contributed by atoms with Crippen LogP contribution in [-0.2, 0) is 0 Å². The smallest absolute Gasteiger partial charge is 0.272 e. The second-order valence-corrected chi connectivity index (χ2v) is 5.61. The van der Waals surface area contributed by atoms with E-state index in [0.717, 1.165) is 44.8 Å². The van der Waals surface area contributed by atoms with E-state index in [1.807, 2.05) is 17.0 Å². The van der Waals surface area contributed by atoms with E-state index in [0.29, 0.717) is 11.7 Å². The first-order valence-electron chi connectivity index (χ1n) is 7.88. The molecule has 0 spiro atoms. The average molecular weight is 290 g/mol. The Hall–Kier alpha value is -1.62. The minimum atomic E-state index is 0.0424. The summed E-state index contributed by atoms with van der Waals surface area (Å²) in [6, 6.07) is 4.17. The van der Waals surface area contributed by atoms with Gasteiger partial charge in [0.05, 0.1) is 11.9 Å². The zero-order chi connectivity index (χ0) is 15.2. The van der Waals surface area contributed by atoms with E-state index in [-0.39, 0.29) is 5.91 Å². The van der Waals surface area contributed by atoms with E-state index in [1.165, 1.54) is 0 Å². The number of aromatic nitrogens is 1. The number of carbonyl (C=O) groups excluding carboxylic acids is 1. The van der Waals surface area contributed by atoms with E-state index in [2.05, 4.69) is 36.0 Å². The van der Waals surface area contributed by atoms with Crippen molar-refractivity contribution in [2.45, 2.75) is 33.2 Å². The van der Waals surface area contributed by atoms with Gasteiger partial charge in [0.2, 0.25) is 0 Å². The second-order valence-electron chi connectivity index (χ2n) is 5.61. The quantitative estimate of drug-likeness (QED) is 0.902. The van der Waals surface area contributed by atoms with Gasteiger partial charge in [-0.05, 0) is 32.0 Å². The summed E-state index contributed by atoms with van der Waals surface area (Å²) < 4.78 is 0. The van der Waals surface area contributed by atoms with E-state index in [1.54, 1.807) is 6.20 Å². The molecule has 0 aliphatic carbocycles. The van der Waals surface area contributed by atoms with Crippen LogP contribution in [0.5, 0.6) is 0 Å². The predicted molar refractivity (Wildman–Crippen MR) is 85.6 cm³/mol. The summed E-state index contributed by atoms with van der Waals surface area (Å²) >= 11 is 0. The normalized spacial score (nSPS) is 17.6. The van der Waals surface area contributed by atoms with Gasteiger partial charge in [0.25, 0.3) is 5.91 Å². The highest BCUT2D eigenvalue weighted by Gasteiger charge is 2.21. The lowest BCUT2D eigenvalue weighted by Crippen LogP contribution is -2.48. The van der Waals surface area contributed by atoms with Gasteiger partial charge in [-0.25, -0.2) is 4.98 Å². The molecule has 1 fully saturated rings. The standard InChI is InChI=1S/C16H26N4O/c1-4-13(3)18-14-6-7-15(17-12-14)16(21)20-10-8-19(5-2)9-11-20/h6-7,12-13,18H,4-5,8-11H2,1-3H3. The zero-order valence-corrected chi connectivity index (χ0v) is 13.3. The first-order chi connectivity index (χ1) is 10.1. The summed E-state index contributed by atoms with van der Waals surface area (Å²) in [5.41, 5.74) is 1.51. The maximum atomic E-state index is 12.4. The average Bonchev–Trinajstić information content (AvgIpc) is 2.55. The van der Waals surface area contributed by atoms with Crippen LogP contribution in [0.3, 0.4) is 0 Å². The predicted octanol–water partition coefficient (Wildman–Crippen LogP) is 2.07. The van der Waals surface area contributed by atoms with Crippen LogP contribution in [0.1, 0.15) is 37.7 Å². The second kappa shape index (κ2) is 7.41. The molecular weight excluding hydrogens is 264 g/mol. The maximum absolute atomic E-state index is 12.4. The van der Waals surface area contributed by atoms with Gasteiger partial charge in [-0.3, -0.25) is 4.79 Å². The number of nitrogens with zero attached hydrogens (tertiary/aromatic N) is 3. The molecule has 1 aliphatic rings. The summed E-state index contributed by atoms with van der Waals surface area (Å²) in [4.78, 5) is 21.0. The molecular formula is C16H26N4O. The van der Waals surface area contributed by atoms with Crippen molar-refractivity contribution in [1.82, 2.24) is 14.8 Å². The molecule has 2 heterocycles. The number of rotatable bonds is 5. The van der Waals surface area contributed by atoms with Crippen molar-refractivity contribution in [3.05, 3.63) is 24.0 Å². The third kappa shape index (κ3) is 4.17. The van der Waals surface area contributed by atoms with Crippen LogP contribution < -0.4 is 5.32 Å². The van der Waals surface area contributed by atoms with Gasteiger partial charge in [-0.1, -0.05) is 13.8 Å². The highest BCUT2D eigenvalue weighted by molar-refractivity contribution is 5.92. The van der Waals surface area contributed by atoms with E-state index in [4.69, 9.17) is 0 Å². The van der Waals surface area contributed by atoms with Gasteiger partial charge in [0, 0.05) is 32.2 Å². The fourth-order valence-electron chi connectivity index (χ4n) is 2.42. The van der Waals surface area contributed by atoms with Crippen LogP contribution in [0.2, 0.25) is 0 Å². The Bertz CT molecular complexity index is 452. The third-order valence-corrected chi connectivity index (χ3v) is 4.11. The molecule has 116 valence electrons. The Morgan fingerprint density at radius 2 is 2.00 bits per heavy atom. The molecule has 0 aromatic carbocycles. The lowest BCUT2D eigenvalue weighted by molar-refractivity contribution is 0.0637. The Morgan fingerprint density at radius 3 is 2.52 bits per heavy atom. The maximum Gasteiger partial charge on any atom is 0.272 e. The third-order valence-electron chi connectivity index (χ3n) is 4.11. The van der Waals surface area contributed by atoms with Gasteiger partial charge in [0.15, 0.2) is 0 Å². The van der Waals surface area contributed by atoms with Gasteiger partial charge < -0.3 is 15.1 Å². The first-order valence-corrected chi connectivity index (χ1v) is 7.88. The first kappa shape index (κ1) is 15.8. The van der Waals surface area contributed by atoms with Crippen molar-refractivity contribution in [3.8, 4) is 0 Å². The van der Waals surface area contributed by atoms with Gasteiger partial charge >= 0.3 is 0 Å².